The molecule has 1 heterocycles. The molecule has 0 amide bonds. The molecular formula is C13H14N2O3. The molecule has 2 rings (SSSR count). The van der Waals surface area contributed by atoms with Gasteiger partial charge >= 0.3 is 5.97 Å². The minimum Gasteiger partial charge on any atom is -0.478 e. The van der Waals surface area contributed by atoms with E-state index in [1.165, 1.54) is 6.07 Å². The molecule has 0 bridgehead atoms. The number of carboxylic acids is 1. The molecule has 0 radical (unpaired) electrons. The van der Waals surface area contributed by atoms with Gasteiger partial charge in [0.1, 0.15) is 5.75 Å². The summed E-state index contributed by atoms with van der Waals surface area (Å²) in [6.45, 7) is 3.62. The first-order valence-electron chi connectivity index (χ1n) is 5.50. The first-order valence-corrected chi connectivity index (χ1v) is 5.50. The zero-order chi connectivity index (χ0) is 13.3. The van der Waals surface area contributed by atoms with Gasteiger partial charge in [-0.3, -0.25) is 0 Å². The molecule has 0 atom stereocenters. The van der Waals surface area contributed by atoms with Crippen LogP contribution in [0.15, 0.2) is 24.3 Å². The highest BCUT2D eigenvalue weighted by Crippen LogP contribution is 2.24. The maximum atomic E-state index is 10.9. The van der Waals surface area contributed by atoms with Crippen molar-refractivity contribution in [1.82, 2.24) is 9.78 Å². The summed E-state index contributed by atoms with van der Waals surface area (Å²) in [7, 11) is 1.79. The van der Waals surface area contributed by atoms with Crippen LogP contribution in [-0.4, -0.2) is 20.9 Å². The van der Waals surface area contributed by atoms with Gasteiger partial charge in [0.25, 0.3) is 0 Å². The number of rotatable bonds is 3. The Morgan fingerprint density at radius 2 is 2.06 bits per heavy atom. The minimum atomic E-state index is -0.935. The van der Waals surface area contributed by atoms with E-state index in [2.05, 4.69) is 5.10 Å². The predicted octanol–water partition coefficient (Wildman–Crippen LogP) is 2.53. The van der Waals surface area contributed by atoms with Gasteiger partial charge in [-0.2, -0.15) is 5.10 Å². The molecule has 0 fully saturated rings. The smallest absolute Gasteiger partial charge is 0.335 e. The molecule has 18 heavy (non-hydrogen) atoms. The van der Waals surface area contributed by atoms with Gasteiger partial charge in [0.2, 0.25) is 5.88 Å². The molecular weight excluding hydrogens is 232 g/mol. The van der Waals surface area contributed by atoms with E-state index in [1.807, 2.05) is 13.0 Å². The molecule has 2 aromatic rings. The lowest BCUT2D eigenvalue weighted by atomic mass is 10.1. The van der Waals surface area contributed by atoms with Gasteiger partial charge in [0.15, 0.2) is 0 Å². The second kappa shape index (κ2) is 4.52. The maximum Gasteiger partial charge on any atom is 0.335 e. The number of aryl methyl sites for hydroxylation is 3. The van der Waals surface area contributed by atoms with Gasteiger partial charge in [-0.05, 0) is 37.6 Å². The summed E-state index contributed by atoms with van der Waals surface area (Å²) in [6.07, 6.45) is 0. The van der Waals surface area contributed by atoms with Gasteiger partial charge in [-0.15, -0.1) is 0 Å². The van der Waals surface area contributed by atoms with Gasteiger partial charge < -0.3 is 9.84 Å². The Labute approximate surface area is 105 Å². The Bertz CT molecular complexity index is 602. The van der Waals surface area contributed by atoms with Crippen molar-refractivity contribution in [3.8, 4) is 11.6 Å². The molecule has 1 aromatic heterocycles. The second-order valence-corrected chi connectivity index (χ2v) is 4.13. The number of nitrogens with zero attached hydrogens (tertiary/aromatic N) is 2. The van der Waals surface area contributed by atoms with Crippen LogP contribution in [0.5, 0.6) is 11.6 Å². The topological polar surface area (TPSA) is 64.3 Å². The maximum absolute atomic E-state index is 10.9. The number of hydrogen-bond donors (Lipinski definition) is 1. The molecule has 5 heteroatoms. The third kappa shape index (κ3) is 2.34. The lowest BCUT2D eigenvalue weighted by Gasteiger charge is -2.07. The summed E-state index contributed by atoms with van der Waals surface area (Å²) in [5, 5.41) is 13.1. The second-order valence-electron chi connectivity index (χ2n) is 4.13. The Morgan fingerprint density at radius 3 is 2.56 bits per heavy atom. The van der Waals surface area contributed by atoms with Crippen LogP contribution in [0.3, 0.4) is 0 Å². The van der Waals surface area contributed by atoms with E-state index in [0.29, 0.717) is 17.2 Å². The van der Waals surface area contributed by atoms with Crippen molar-refractivity contribution in [1.29, 1.82) is 0 Å². The third-order valence-electron chi connectivity index (χ3n) is 2.61. The van der Waals surface area contributed by atoms with Gasteiger partial charge in [0, 0.05) is 13.1 Å². The van der Waals surface area contributed by atoms with Crippen LogP contribution in [0, 0.1) is 13.8 Å². The Hall–Kier alpha value is -2.30. The van der Waals surface area contributed by atoms with Crippen LogP contribution in [0.25, 0.3) is 0 Å². The van der Waals surface area contributed by atoms with Gasteiger partial charge in [-0.25, -0.2) is 9.48 Å². The first kappa shape index (κ1) is 12.2. The standard InChI is InChI=1S/C13H14N2O3/c1-8-6-10(4-5-11(8)13(16)17)18-12-7-9(2)14-15(12)3/h4-7H,1-3H3,(H,16,17). The van der Waals surface area contributed by atoms with Crippen molar-refractivity contribution in [3.63, 3.8) is 0 Å². The summed E-state index contributed by atoms with van der Waals surface area (Å²) in [6, 6.07) is 6.70. The Balaban J connectivity index is 2.28. The van der Waals surface area contributed by atoms with Crippen LogP contribution in [0.2, 0.25) is 0 Å². The Morgan fingerprint density at radius 1 is 1.33 bits per heavy atom. The fourth-order valence-electron chi connectivity index (χ4n) is 1.74. The molecule has 1 aromatic carbocycles. The molecule has 0 aliphatic heterocycles. The van der Waals surface area contributed by atoms with Crippen LogP contribution in [0.1, 0.15) is 21.6 Å². The van der Waals surface area contributed by atoms with E-state index in [-0.39, 0.29) is 5.56 Å². The zero-order valence-electron chi connectivity index (χ0n) is 10.5. The fraction of sp³-hybridized carbons (Fsp3) is 0.231. The molecule has 0 spiro atoms. The van der Waals surface area contributed by atoms with Crippen molar-refractivity contribution in [3.05, 3.63) is 41.1 Å². The summed E-state index contributed by atoms with van der Waals surface area (Å²) < 4.78 is 7.29. The van der Waals surface area contributed by atoms with Gasteiger partial charge in [-0.1, -0.05) is 0 Å². The zero-order valence-corrected chi connectivity index (χ0v) is 10.5. The molecule has 0 unspecified atom stereocenters. The lowest BCUT2D eigenvalue weighted by molar-refractivity contribution is 0.0696. The van der Waals surface area contributed by atoms with Crippen molar-refractivity contribution < 1.29 is 14.6 Å². The van der Waals surface area contributed by atoms with E-state index in [0.717, 1.165) is 5.69 Å². The average molecular weight is 246 g/mol. The van der Waals surface area contributed by atoms with Crippen molar-refractivity contribution in [2.75, 3.05) is 0 Å². The quantitative estimate of drug-likeness (QED) is 0.903. The number of carboxylic acid groups (broad SMARTS) is 1. The van der Waals surface area contributed by atoms with Gasteiger partial charge in [0.05, 0.1) is 11.3 Å². The van der Waals surface area contributed by atoms with E-state index in [1.54, 1.807) is 30.8 Å². The molecule has 0 saturated carbocycles. The molecule has 1 N–H and O–H groups in total. The van der Waals surface area contributed by atoms with Crippen LogP contribution in [0.4, 0.5) is 0 Å². The molecule has 5 nitrogen and oxygen atoms in total. The normalized spacial score (nSPS) is 10.4. The lowest BCUT2D eigenvalue weighted by Crippen LogP contribution is -2.00. The van der Waals surface area contributed by atoms with E-state index in [4.69, 9.17) is 9.84 Å². The van der Waals surface area contributed by atoms with E-state index < -0.39 is 5.97 Å². The number of aromatic carboxylic acids is 1. The highest BCUT2D eigenvalue weighted by molar-refractivity contribution is 5.89. The molecule has 0 aliphatic rings. The van der Waals surface area contributed by atoms with Crippen molar-refractivity contribution in [2.45, 2.75) is 13.8 Å². The average Bonchev–Trinajstić information content (AvgIpc) is 2.57. The van der Waals surface area contributed by atoms with Crippen LogP contribution >= 0.6 is 0 Å². The number of ether oxygens (including phenoxy) is 1. The number of benzene rings is 1. The van der Waals surface area contributed by atoms with Crippen molar-refractivity contribution >= 4 is 5.97 Å². The number of hydrogen-bond acceptors (Lipinski definition) is 3. The summed E-state index contributed by atoms with van der Waals surface area (Å²) >= 11 is 0. The summed E-state index contributed by atoms with van der Waals surface area (Å²) in [5.74, 6) is 0.283. The summed E-state index contributed by atoms with van der Waals surface area (Å²) in [4.78, 5) is 10.9. The fourth-order valence-corrected chi connectivity index (χ4v) is 1.74. The summed E-state index contributed by atoms with van der Waals surface area (Å²) in [5.41, 5.74) is 1.81. The minimum absolute atomic E-state index is 0.281. The monoisotopic (exact) mass is 246 g/mol. The van der Waals surface area contributed by atoms with Crippen LogP contribution in [-0.2, 0) is 7.05 Å². The van der Waals surface area contributed by atoms with Crippen LogP contribution < -0.4 is 4.74 Å². The third-order valence-corrected chi connectivity index (χ3v) is 2.61. The highest BCUT2D eigenvalue weighted by Gasteiger charge is 2.09. The van der Waals surface area contributed by atoms with E-state index in [9.17, 15) is 4.79 Å². The first-order chi connectivity index (χ1) is 8.47. The predicted molar refractivity (Wildman–Crippen MR) is 66.2 cm³/mol. The van der Waals surface area contributed by atoms with Crippen molar-refractivity contribution in [2.24, 2.45) is 7.05 Å². The molecule has 0 saturated heterocycles. The Kier molecular flexibility index (Phi) is 3.06. The largest absolute Gasteiger partial charge is 0.478 e. The number of carbonyl (C=O) groups is 1. The SMILES string of the molecule is Cc1cc(Oc2ccc(C(=O)O)c(C)c2)n(C)n1. The molecule has 94 valence electrons. The number of aromatic nitrogens is 2. The van der Waals surface area contributed by atoms with E-state index >= 15 is 0 Å². The highest BCUT2D eigenvalue weighted by atomic mass is 16.5. The molecule has 0 aliphatic carbocycles.